The predicted molar refractivity (Wildman–Crippen MR) is 221 cm³/mol. The van der Waals surface area contributed by atoms with Crippen molar-refractivity contribution >= 4 is 40.7 Å². The number of amides is 2. The van der Waals surface area contributed by atoms with Crippen LogP contribution in [0.25, 0.3) is 22.5 Å². The van der Waals surface area contributed by atoms with Gasteiger partial charge in [-0.25, -0.2) is 14.8 Å². The van der Waals surface area contributed by atoms with E-state index in [0.29, 0.717) is 27.9 Å². The summed E-state index contributed by atoms with van der Waals surface area (Å²) < 4.78 is 5.90. The molecular weight excluding hydrogens is 748 g/mol. The van der Waals surface area contributed by atoms with Crippen LogP contribution < -0.4 is 15.4 Å². The number of carboxylic acids is 1. The third kappa shape index (κ3) is 11.7. The maximum atomic E-state index is 13.8. The first-order chi connectivity index (χ1) is 26.8. The highest BCUT2D eigenvalue weighted by Crippen LogP contribution is 2.30. The smallest absolute Gasteiger partial charge is 0.329 e. The van der Waals surface area contributed by atoms with Crippen LogP contribution in [0.2, 0.25) is 5.02 Å². The van der Waals surface area contributed by atoms with E-state index in [9.17, 15) is 24.6 Å². The van der Waals surface area contributed by atoms with Gasteiger partial charge >= 0.3 is 5.97 Å². The molecule has 5 rings (SSSR count). The summed E-state index contributed by atoms with van der Waals surface area (Å²) in [6.45, 7) is 9.04. The first kappa shape index (κ1) is 42.1. The maximum absolute atomic E-state index is 13.8. The Morgan fingerprint density at radius 1 is 0.839 bits per heavy atom. The third-order valence-corrected chi connectivity index (χ3v) is 11.0. The number of carboxylic acid groups (broad SMARTS) is 1. The molecule has 3 unspecified atom stereocenters. The van der Waals surface area contributed by atoms with Crippen LogP contribution in [0.4, 0.5) is 0 Å². The monoisotopic (exact) mass is 796 g/mol. The lowest BCUT2D eigenvalue weighted by atomic mass is 9.95. The summed E-state index contributed by atoms with van der Waals surface area (Å²) in [5.74, 6) is -1.35. The van der Waals surface area contributed by atoms with Gasteiger partial charge in [-0.3, -0.25) is 9.59 Å². The van der Waals surface area contributed by atoms with E-state index < -0.39 is 36.0 Å². The first-order valence-electron chi connectivity index (χ1n) is 18.8. The van der Waals surface area contributed by atoms with Crippen molar-refractivity contribution in [2.75, 3.05) is 6.61 Å². The molecular formula is C44H49ClN4O6S. The van der Waals surface area contributed by atoms with E-state index in [-0.39, 0.29) is 17.4 Å². The number of hydrogen-bond acceptors (Lipinski definition) is 8. The number of aliphatic carboxylic acids is 1. The van der Waals surface area contributed by atoms with Crippen molar-refractivity contribution in [3.05, 3.63) is 123 Å². The molecule has 0 spiro atoms. The molecule has 0 aliphatic heterocycles. The highest BCUT2D eigenvalue weighted by atomic mass is 35.5. The molecule has 3 atom stereocenters. The largest absolute Gasteiger partial charge is 0.494 e. The maximum Gasteiger partial charge on any atom is 0.329 e. The number of carbonyl (C=O) groups excluding carboxylic acids is 2. The van der Waals surface area contributed by atoms with Crippen molar-refractivity contribution in [1.82, 2.24) is 20.6 Å². The lowest BCUT2D eigenvalue weighted by Gasteiger charge is -2.24. The summed E-state index contributed by atoms with van der Waals surface area (Å²) in [4.78, 5) is 50.2. The Morgan fingerprint density at radius 2 is 1.52 bits per heavy atom. The Kier molecular flexibility index (Phi) is 14.8. The van der Waals surface area contributed by atoms with Crippen LogP contribution in [0, 0.1) is 0 Å². The van der Waals surface area contributed by atoms with Gasteiger partial charge in [0.2, 0.25) is 5.91 Å². The number of hydrogen-bond donors (Lipinski definition) is 4. The average molecular weight is 797 g/mol. The van der Waals surface area contributed by atoms with Crippen LogP contribution in [0.5, 0.6) is 5.75 Å². The zero-order valence-electron chi connectivity index (χ0n) is 32.1. The van der Waals surface area contributed by atoms with Gasteiger partial charge in [0.25, 0.3) is 5.91 Å². The van der Waals surface area contributed by atoms with Gasteiger partial charge in [-0.05, 0) is 64.9 Å². The Hall–Kier alpha value is -5.10. The van der Waals surface area contributed by atoms with Crippen molar-refractivity contribution in [2.24, 2.45) is 0 Å². The van der Waals surface area contributed by atoms with E-state index >= 15 is 0 Å². The summed E-state index contributed by atoms with van der Waals surface area (Å²) in [7, 11) is 0. The van der Waals surface area contributed by atoms with Crippen molar-refractivity contribution in [2.45, 2.75) is 89.8 Å². The zero-order chi connectivity index (χ0) is 40.2. The van der Waals surface area contributed by atoms with Gasteiger partial charge in [-0.15, -0.1) is 11.3 Å². The summed E-state index contributed by atoms with van der Waals surface area (Å²) in [6, 6.07) is 22.0. The minimum Gasteiger partial charge on any atom is -0.494 e. The van der Waals surface area contributed by atoms with Crippen LogP contribution in [0.1, 0.15) is 91.6 Å². The molecule has 294 valence electrons. The van der Waals surface area contributed by atoms with E-state index in [4.69, 9.17) is 16.3 Å². The minimum absolute atomic E-state index is 0.0350. The predicted octanol–water partition coefficient (Wildman–Crippen LogP) is 8.82. The number of nitrogens with zero attached hydrogens (tertiary/aromatic N) is 2. The third-order valence-electron chi connectivity index (χ3n) is 9.27. The number of thiophene rings is 1. The Balaban J connectivity index is 1.28. The second-order valence-corrected chi connectivity index (χ2v) is 16.3. The number of rotatable bonds is 18. The lowest BCUT2D eigenvalue weighted by molar-refractivity contribution is -0.145. The van der Waals surface area contributed by atoms with Gasteiger partial charge in [0.15, 0.2) is 11.9 Å². The SMILES string of the molecule is CCCCCCCOc1ccc(-c2cnc(-c3ccc(CC(NC(=O)c4ccc(C(C)(C)C)s4)C(=O)NC(C(=O)O)C(O)c4cccc(Cl)c4)cc3)nc2)cc1. The Labute approximate surface area is 337 Å². The summed E-state index contributed by atoms with van der Waals surface area (Å²) in [5.41, 5.74) is 3.31. The van der Waals surface area contributed by atoms with Gasteiger partial charge in [0.1, 0.15) is 17.9 Å². The average Bonchev–Trinajstić information content (AvgIpc) is 3.70. The Morgan fingerprint density at radius 3 is 2.14 bits per heavy atom. The lowest BCUT2D eigenvalue weighted by Crippen LogP contribution is -2.54. The number of halogens is 1. The molecule has 0 saturated carbocycles. The number of ether oxygens (including phenoxy) is 1. The minimum atomic E-state index is -1.71. The molecule has 0 radical (unpaired) electrons. The quantitative estimate of drug-likeness (QED) is 0.0643. The van der Waals surface area contributed by atoms with Gasteiger partial charge in [-0.1, -0.05) is 114 Å². The van der Waals surface area contributed by atoms with Crippen molar-refractivity contribution in [1.29, 1.82) is 0 Å². The molecule has 4 N–H and O–H groups in total. The number of benzene rings is 3. The van der Waals surface area contributed by atoms with E-state index in [1.165, 1.54) is 49.2 Å². The van der Waals surface area contributed by atoms with Crippen LogP contribution in [0.3, 0.4) is 0 Å². The molecule has 10 nitrogen and oxygen atoms in total. The van der Waals surface area contributed by atoms with E-state index in [2.05, 4.69) is 27.5 Å². The summed E-state index contributed by atoms with van der Waals surface area (Å²) in [5, 5.41) is 26.5. The molecule has 0 fully saturated rings. The fourth-order valence-electron chi connectivity index (χ4n) is 6.01. The molecule has 0 aliphatic carbocycles. The van der Waals surface area contributed by atoms with Gasteiger partial charge in [0.05, 0.1) is 11.5 Å². The molecule has 12 heteroatoms. The van der Waals surface area contributed by atoms with Gasteiger partial charge in [-0.2, -0.15) is 0 Å². The topological polar surface area (TPSA) is 151 Å². The van der Waals surface area contributed by atoms with Gasteiger partial charge in [0, 0.05) is 39.8 Å². The fourth-order valence-corrected chi connectivity index (χ4v) is 7.17. The van der Waals surface area contributed by atoms with E-state index in [0.717, 1.165) is 33.7 Å². The second kappa shape index (κ2) is 19.7. The standard InChI is InChI=1S/C44H49ClN4O6S/c1-5-6-7-8-9-23-55-34-19-17-29(18-20-34)32-26-46-40(47-27-32)30-15-13-28(14-16-30)24-35(48-42(52)36-21-22-37(56-36)44(2,3)4)41(51)49-38(43(53)54)39(50)31-11-10-12-33(45)25-31/h10-22,25-27,35,38-39,50H,5-9,23-24H2,1-4H3,(H,48,52)(H,49,51)(H,53,54). The highest BCUT2D eigenvalue weighted by molar-refractivity contribution is 7.14. The van der Waals surface area contributed by atoms with Crippen molar-refractivity contribution < 1.29 is 29.3 Å². The summed E-state index contributed by atoms with van der Waals surface area (Å²) >= 11 is 7.40. The molecule has 5 aromatic rings. The van der Waals surface area contributed by atoms with E-state index in [1.54, 1.807) is 42.7 Å². The second-order valence-electron chi connectivity index (χ2n) is 14.7. The number of nitrogens with one attached hydrogen (secondary N) is 2. The van der Waals surface area contributed by atoms with Crippen LogP contribution in [0.15, 0.2) is 97.3 Å². The first-order valence-corrected chi connectivity index (χ1v) is 20.0. The molecule has 2 heterocycles. The number of aliphatic hydroxyl groups is 1. The zero-order valence-corrected chi connectivity index (χ0v) is 33.7. The van der Waals surface area contributed by atoms with Crippen LogP contribution in [-0.2, 0) is 21.4 Å². The van der Waals surface area contributed by atoms with Crippen molar-refractivity contribution in [3.63, 3.8) is 0 Å². The molecule has 56 heavy (non-hydrogen) atoms. The highest BCUT2D eigenvalue weighted by Gasteiger charge is 2.33. The molecule has 2 amide bonds. The summed E-state index contributed by atoms with van der Waals surface area (Å²) in [6.07, 6.45) is 7.90. The normalized spacial score (nSPS) is 13.0. The van der Waals surface area contributed by atoms with Crippen molar-refractivity contribution in [3.8, 4) is 28.3 Å². The Bertz CT molecular complexity index is 2060. The fraction of sp³-hybridized carbons (Fsp3) is 0.341. The van der Waals surface area contributed by atoms with E-state index in [1.807, 2.05) is 63.2 Å². The number of aromatic nitrogens is 2. The van der Waals surface area contributed by atoms with Gasteiger partial charge < -0.3 is 25.6 Å². The number of aliphatic hydroxyl groups excluding tert-OH is 1. The van der Waals surface area contributed by atoms with Crippen LogP contribution >= 0.6 is 22.9 Å². The molecule has 0 bridgehead atoms. The number of carbonyl (C=O) groups is 3. The molecule has 0 aliphatic rings. The van der Waals surface area contributed by atoms with Crippen LogP contribution in [-0.4, -0.2) is 56.7 Å². The molecule has 2 aromatic heterocycles. The number of unbranched alkanes of at least 4 members (excludes halogenated alkanes) is 4. The molecule has 3 aromatic carbocycles. The molecule has 0 saturated heterocycles.